The molecule has 0 aromatic carbocycles. The van der Waals surface area contributed by atoms with Crippen LogP contribution in [0.15, 0.2) is 4.52 Å². The highest BCUT2D eigenvalue weighted by atomic mass is 32.2. The summed E-state index contributed by atoms with van der Waals surface area (Å²) >= 11 is 1.55. The molecule has 2 heterocycles. The van der Waals surface area contributed by atoms with E-state index in [2.05, 4.69) is 5.16 Å². The van der Waals surface area contributed by atoms with Crippen LogP contribution in [0.2, 0.25) is 0 Å². The van der Waals surface area contributed by atoms with Gasteiger partial charge in [0.25, 0.3) is 0 Å². The normalized spacial score (nSPS) is 16.1. The first kappa shape index (κ1) is 12.4. The summed E-state index contributed by atoms with van der Waals surface area (Å²) in [4.78, 5) is 13.3. The van der Waals surface area contributed by atoms with Gasteiger partial charge in [0.05, 0.1) is 17.6 Å². The van der Waals surface area contributed by atoms with Crippen LogP contribution in [0.25, 0.3) is 0 Å². The van der Waals surface area contributed by atoms with Crippen molar-refractivity contribution in [3.05, 3.63) is 17.0 Å². The number of likely N-dealkylation sites (tertiary alicyclic amines) is 1. The van der Waals surface area contributed by atoms with E-state index in [4.69, 9.17) is 9.63 Å². The van der Waals surface area contributed by atoms with Crippen LogP contribution in [-0.2, 0) is 10.5 Å². The number of aromatic nitrogens is 1. The van der Waals surface area contributed by atoms with E-state index < -0.39 is 0 Å². The third kappa shape index (κ3) is 2.81. The summed E-state index contributed by atoms with van der Waals surface area (Å²) < 4.78 is 5.05. The quantitative estimate of drug-likeness (QED) is 0.860. The van der Waals surface area contributed by atoms with Gasteiger partial charge in [0.15, 0.2) is 0 Å². The Morgan fingerprint density at radius 3 is 2.82 bits per heavy atom. The lowest BCUT2D eigenvalue weighted by atomic mass is 10.2. The number of hydrogen-bond donors (Lipinski definition) is 1. The first-order valence-corrected chi connectivity index (χ1v) is 6.68. The number of rotatable bonds is 4. The number of β-amino-alcohol motifs (C(OH)–C–C–N with tert-alkyl or cyclic N) is 1. The Morgan fingerprint density at radius 2 is 2.29 bits per heavy atom. The molecule has 0 atom stereocenters. The summed E-state index contributed by atoms with van der Waals surface area (Å²) in [5.74, 6) is 2.09. The molecule has 0 aliphatic carbocycles. The molecule has 6 heteroatoms. The van der Waals surface area contributed by atoms with E-state index >= 15 is 0 Å². The fourth-order valence-electron chi connectivity index (χ4n) is 1.70. The van der Waals surface area contributed by atoms with Gasteiger partial charge in [-0.1, -0.05) is 5.16 Å². The molecule has 1 saturated heterocycles. The summed E-state index contributed by atoms with van der Waals surface area (Å²) in [6.07, 6.45) is -0.327. The summed E-state index contributed by atoms with van der Waals surface area (Å²) in [5.41, 5.74) is 1.97. The summed E-state index contributed by atoms with van der Waals surface area (Å²) in [5, 5.41) is 13.0. The molecule has 0 unspecified atom stereocenters. The third-order valence-electron chi connectivity index (χ3n) is 2.87. The van der Waals surface area contributed by atoms with E-state index in [-0.39, 0.29) is 12.0 Å². The van der Waals surface area contributed by atoms with Gasteiger partial charge >= 0.3 is 0 Å². The number of hydrogen-bond acceptors (Lipinski definition) is 5. The van der Waals surface area contributed by atoms with Crippen LogP contribution >= 0.6 is 11.8 Å². The predicted octanol–water partition coefficient (Wildman–Crippen LogP) is 0.728. The fourth-order valence-corrected chi connectivity index (χ4v) is 2.77. The molecule has 1 aliphatic rings. The molecule has 94 valence electrons. The smallest absolute Gasteiger partial charge is 0.232 e. The number of amides is 1. The maximum atomic E-state index is 11.6. The second-order valence-corrected chi connectivity index (χ2v) is 5.23. The Balaban J connectivity index is 1.74. The number of aryl methyl sites for hydroxylation is 2. The molecule has 0 saturated carbocycles. The molecule has 1 aromatic rings. The van der Waals surface area contributed by atoms with Crippen LogP contribution in [0.4, 0.5) is 0 Å². The van der Waals surface area contributed by atoms with Crippen LogP contribution in [-0.4, -0.2) is 46.0 Å². The van der Waals surface area contributed by atoms with Gasteiger partial charge in [-0.15, -0.1) is 11.8 Å². The Morgan fingerprint density at radius 1 is 1.59 bits per heavy atom. The average molecular weight is 256 g/mol. The topological polar surface area (TPSA) is 66.6 Å². The van der Waals surface area contributed by atoms with Crippen molar-refractivity contribution in [1.82, 2.24) is 10.1 Å². The zero-order valence-corrected chi connectivity index (χ0v) is 10.8. The fraction of sp³-hybridized carbons (Fsp3) is 0.636. The highest BCUT2D eigenvalue weighted by Gasteiger charge is 2.28. The summed E-state index contributed by atoms with van der Waals surface area (Å²) in [6.45, 7) is 4.74. The molecular weight excluding hydrogens is 240 g/mol. The van der Waals surface area contributed by atoms with Gasteiger partial charge in [0.1, 0.15) is 5.76 Å². The molecule has 1 N–H and O–H groups in total. The minimum atomic E-state index is -0.327. The number of nitrogens with zero attached hydrogens (tertiary/aromatic N) is 2. The Kier molecular flexibility index (Phi) is 3.73. The molecule has 0 spiro atoms. The van der Waals surface area contributed by atoms with Gasteiger partial charge in [-0.2, -0.15) is 0 Å². The predicted molar refractivity (Wildman–Crippen MR) is 64.7 cm³/mol. The van der Waals surface area contributed by atoms with E-state index in [0.717, 1.165) is 22.8 Å². The van der Waals surface area contributed by atoms with Crippen LogP contribution in [0.5, 0.6) is 0 Å². The molecule has 0 radical (unpaired) electrons. The van der Waals surface area contributed by atoms with Crippen LogP contribution in [0, 0.1) is 13.8 Å². The SMILES string of the molecule is Cc1noc(C)c1CSCC(=O)N1CC(O)C1. The Labute approximate surface area is 104 Å². The lowest BCUT2D eigenvalue weighted by Gasteiger charge is -2.35. The van der Waals surface area contributed by atoms with Crippen molar-refractivity contribution in [3.8, 4) is 0 Å². The molecule has 2 rings (SSSR count). The minimum absolute atomic E-state index is 0.0899. The van der Waals surface area contributed by atoms with E-state index in [0.29, 0.717) is 18.8 Å². The van der Waals surface area contributed by atoms with Crippen molar-refractivity contribution in [1.29, 1.82) is 0 Å². The molecule has 0 bridgehead atoms. The lowest BCUT2D eigenvalue weighted by molar-refractivity contribution is -0.138. The lowest BCUT2D eigenvalue weighted by Crippen LogP contribution is -2.54. The van der Waals surface area contributed by atoms with Crippen LogP contribution in [0.3, 0.4) is 0 Å². The van der Waals surface area contributed by atoms with E-state index in [1.165, 1.54) is 0 Å². The van der Waals surface area contributed by atoms with Gasteiger partial charge < -0.3 is 14.5 Å². The molecule has 1 fully saturated rings. The summed E-state index contributed by atoms with van der Waals surface area (Å²) in [6, 6.07) is 0. The monoisotopic (exact) mass is 256 g/mol. The molecular formula is C11H16N2O3S. The van der Waals surface area contributed by atoms with Crippen molar-refractivity contribution < 1.29 is 14.4 Å². The minimum Gasteiger partial charge on any atom is -0.389 e. The van der Waals surface area contributed by atoms with Gasteiger partial charge in [0, 0.05) is 24.4 Å². The molecule has 1 amide bonds. The number of carbonyl (C=O) groups is 1. The van der Waals surface area contributed by atoms with Crippen molar-refractivity contribution in [3.63, 3.8) is 0 Å². The van der Waals surface area contributed by atoms with Crippen molar-refractivity contribution >= 4 is 17.7 Å². The Hall–Kier alpha value is -1.01. The van der Waals surface area contributed by atoms with Crippen molar-refractivity contribution in [2.24, 2.45) is 0 Å². The Bertz CT molecular complexity index is 393. The summed E-state index contributed by atoms with van der Waals surface area (Å²) in [7, 11) is 0. The van der Waals surface area contributed by atoms with Gasteiger partial charge in [-0.25, -0.2) is 0 Å². The second kappa shape index (κ2) is 5.10. The number of aliphatic hydroxyl groups is 1. The standard InChI is InChI=1S/C11H16N2O3S/c1-7-10(8(2)16-12-7)5-17-6-11(15)13-3-9(14)4-13/h9,14H,3-6H2,1-2H3. The maximum absolute atomic E-state index is 11.6. The van der Waals surface area contributed by atoms with Crippen LogP contribution in [0.1, 0.15) is 17.0 Å². The highest BCUT2D eigenvalue weighted by Crippen LogP contribution is 2.20. The molecule has 5 nitrogen and oxygen atoms in total. The van der Waals surface area contributed by atoms with E-state index in [9.17, 15) is 4.79 Å². The maximum Gasteiger partial charge on any atom is 0.232 e. The largest absolute Gasteiger partial charge is 0.389 e. The van der Waals surface area contributed by atoms with Gasteiger partial charge in [-0.05, 0) is 13.8 Å². The first-order chi connectivity index (χ1) is 8.08. The van der Waals surface area contributed by atoms with E-state index in [1.807, 2.05) is 13.8 Å². The zero-order chi connectivity index (χ0) is 12.4. The van der Waals surface area contributed by atoms with Gasteiger partial charge in [0.2, 0.25) is 5.91 Å². The number of carbonyl (C=O) groups excluding carboxylic acids is 1. The van der Waals surface area contributed by atoms with Crippen molar-refractivity contribution in [2.45, 2.75) is 25.7 Å². The average Bonchev–Trinajstić information content (AvgIpc) is 2.56. The van der Waals surface area contributed by atoms with Crippen molar-refractivity contribution in [2.75, 3.05) is 18.8 Å². The van der Waals surface area contributed by atoms with Crippen LogP contribution < -0.4 is 0 Å². The molecule has 1 aromatic heterocycles. The number of thioether (sulfide) groups is 1. The zero-order valence-electron chi connectivity index (χ0n) is 9.97. The second-order valence-electron chi connectivity index (χ2n) is 4.25. The highest BCUT2D eigenvalue weighted by molar-refractivity contribution is 7.99. The first-order valence-electron chi connectivity index (χ1n) is 5.53. The molecule has 17 heavy (non-hydrogen) atoms. The van der Waals surface area contributed by atoms with Gasteiger partial charge in [-0.3, -0.25) is 4.79 Å². The molecule has 1 aliphatic heterocycles. The van der Waals surface area contributed by atoms with E-state index in [1.54, 1.807) is 16.7 Å². The third-order valence-corrected chi connectivity index (χ3v) is 3.81. The number of aliphatic hydroxyl groups excluding tert-OH is 1.